The molecule has 0 radical (unpaired) electrons. The third kappa shape index (κ3) is 4.43. The van der Waals surface area contributed by atoms with E-state index in [0.717, 1.165) is 10.7 Å². The highest BCUT2D eigenvalue weighted by Gasteiger charge is 2.24. The van der Waals surface area contributed by atoms with Gasteiger partial charge in [-0.25, -0.2) is 9.37 Å². The van der Waals surface area contributed by atoms with Gasteiger partial charge in [-0.3, -0.25) is 14.9 Å². The van der Waals surface area contributed by atoms with E-state index in [0.29, 0.717) is 44.0 Å². The topological polar surface area (TPSA) is 92.5 Å². The smallest absolute Gasteiger partial charge is 0.269 e. The van der Waals surface area contributed by atoms with Crippen LogP contribution in [0.5, 0.6) is 0 Å². The van der Waals surface area contributed by atoms with Crippen LogP contribution in [-0.4, -0.2) is 51.3 Å². The molecule has 8 nitrogen and oxygen atoms in total. The third-order valence-corrected chi connectivity index (χ3v) is 5.71. The molecule has 1 saturated heterocycles. The number of carbonyl (C=O) groups excluding carboxylic acids is 1. The van der Waals surface area contributed by atoms with Crippen molar-refractivity contribution in [1.82, 2.24) is 14.3 Å². The SMILES string of the molecule is O=C(c1ccc([N+](=O)[O-])cc1)N1CCN(c2nc(Cc3ccc(F)cc3)ns2)CC1. The van der Waals surface area contributed by atoms with Crippen LogP contribution in [0.4, 0.5) is 15.2 Å². The van der Waals surface area contributed by atoms with Crippen molar-refractivity contribution >= 4 is 28.3 Å². The van der Waals surface area contributed by atoms with Crippen molar-refractivity contribution in [3.05, 3.63) is 81.4 Å². The number of benzene rings is 2. The maximum Gasteiger partial charge on any atom is 0.269 e. The molecule has 0 bridgehead atoms. The minimum atomic E-state index is -0.487. The van der Waals surface area contributed by atoms with Crippen molar-refractivity contribution in [1.29, 1.82) is 0 Å². The summed E-state index contributed by atoms with van der Waals surface area (Å²) in [6.07, 6.45) is 0.537. The molecular weight excluding hydrogens is 409 g/mol. The first-order chi connectivity index (χ1) is 14.5. The van der Waals surface area contributed by atoms with Crippen molar-refractivity contribution in [2.75, 3.05) is 31.1 Å². The maximum absolute atomic E-state index is 13.0. The normalized spacial score (nSPS) is 14.0. The fourth-order valence-corrected chi connectivity index (χ4v) is 3.98. The van der Waals surface area contributed by atoms with Crippen LogP contribution in [0.25, 0.3) is 0 Å². The van der Waals surface area contributed by atoms with E-state index in [2.05, 4.69) is 14.3 Å². The summed E-state index contributed by atoms with van der Waals surface area (Å²) >= 11 is 1.31. The highest BCUT2D eigenvalue weighted by molar-refractivity contribution is 7.09. The van der Waals surface area contributed by atoms with Crippen LogP contribution in [0.1, 0.15) is 21.7 Å². The van der Waals surface area contributed by atoms with Gasteiger partial charge < -0.3 is 9.80 Å². The van der Waals surface area contributed by atoms with Gasteiger partial charge in [0.25, 0.3) is 11.6 Å². The highest BCUT2D eigenvalue weighted by atomic mass is 32.1. The van der Waals surface area contributed by atoms with E-state index in [1.165, 1.54) is 47.9 Å². The first kappa shape index (κ1) is 19.9. The molecule has 10 heteroatoms. The van der Waals surface area contributed by atoms with E-state index in [9.17, 15) is 19.3 Å². The van der Waals surface area contributed by atoms with Crippen LogP contribution in [0.3, 0.4) is 0 Å². The molecule has 154 valence electrons. The first-order valence-corrected chi connectivity index (χ1v) is 10.1. The number of amides is 1. The lowest BCUT2D eigenvalue weighted by molar-refractivity contribution is -0.384. The summed E-state index contributed by atoms with van der Waals surface area (Å²) in [5.41, 5.74) is 1.34. The lowest BCUT2D eigenvalue weighted by Crippen LogP contribution is -2.48. The number of anilines is 1. The van der Waals surface area contributed by atoms with Gasteiger partial charge in [0.05, 0.1) is 4.92 Å². The van der Waals surface area contributed by atoms with Gasteiger partial charge in [0, 0.05) is 61.8 Å². The Bertz CT molecular complexity index is 1050. The van der Waals surface area contributed by atoms with E-state index >= 15 is 0 Å². The van der Waals surface area contributed by atoms with Gasteiger partial charge in [0.2, 0.25) is 5.13 Å². The van der Waals surface area contributed by atoms with Gasteiger partial charge in [0.15, 0.2) is 0 Å². The quantitative estimate of drug-likeness (QED) is 0.459. The van der Waals surface area contributed by atoms with Crippen molar-refractivity contribution < 1.29 is 14.1 Å². The number of nitro groups is 1. The third-order valence-electron chi connectivity index (χ3n) is 4.90. The average molecular weight is 427 g/mol. The monoisotopic (exact) mass is 427 g/mol. The van der Waals surface area contributed by atoms with Gasteiger partial charge >= 0.3 is 0 Å². The standard InChI is InChI=1S/C20H18FN5O3S/c21-16-5-1-14(2-6-16)13-18-22-20(30-23-18)25-11-9-24(10-12-25)19(27)15-3-7-17(8-4-15)26(28)29/h1-8H,9-13H2. The van der Waals surface area contributed by atoms with E-state index in [4.69, 9.17) is 0 Å². The number of aromatic nitrogens is 2. The molecule has 1 amide bonds. The highest BCUT2D eigenvalue weighted by Crippen LogP contribution is 2.21. The van der Waals surface area contributed by atoms with Crippen molar-refractivity contribution in [3.8, 4) is 0 Å². The molecule has 1 aliphatic heterocycles. The Morgan fingerprint density at radius 1 is 1.07 bits per heavy atom. The number of carbonyl (C=O) groups is 1. The summed E-state index contributed by atoms with van der Waals surface area (Å²) in [5, 5.41) is 11.6. The van der Waals surface area contributed by atoms with Crippen molar-refractivity contribution in [2.24, 2.45) is 0 Å². The molecule has 0 atom stereocenters. The second-order valence-corrected chi connectivity index (χ2v) is 7.61. The number of hydrogen-bond donors (Lipinski definition) is 0. The minimum absolute atomic E-state index is 0.0379. The zero-order valence-electron chi connectivity index (χ0n) is 15.9. The molecule has 0 unspecified atom stereocenters. The maximum atomic E-state index is 13.0. The molecule has 1 aliphatic rings. The summed E-state index contributed by atoms with van der Waals surface area (Å²) in [5.74, 6) is 0.275. The van der Waals surface area contributed by atoms with Gasteiger partial charge in [-0.05, 0) is 29.8 Å². The zero-order valence-corrected chi connectivity index (χ0v) is 16.7. The van der Waals surface area contributed by atoms with Gasteiger partial charge in [-0.2, -0.15) is 4.37 Å². The molecule has 0 spiro atoms. The lowest BCUT2D eigenvalue weighted by Gasteiger charge is -2.34. The Balaban J connectivity index is 1.34. The summed E-state index contributed by atoms with van der Waals surface area (Å²) < 4.78 is 17.4. The molecule has 0 N–H and O–H groups in total. The van der Waals surface area contributed by atoms with Crippen LogP contribution < -0.4 is 4.90 Å². The number of piperazine rings is 1. The summed E-state index contributed by atoms with van der Waals surface area (Å²) in [4.78, 5) is 31.3. The molecule has 2 heterocycles. The Kier molecular flexibility index (Phi) is 5.66. The molecule has 2 aromatic carbocycles. The van der Waals surface area contributed by atoms with Crippen LogP contribution in [-0.2, 0) is 6.42 Å². The molecule has 0 saturated carbocycles. The zero-order chi connectivity index (χ0) is 21.1. The van der Waals surface area contributed by atoms with E-state index in [1.54, 1.807) is 17.0 Å². The number of nitrogens with zero attached hydrogens (tertiary/aromatic N) is 5. The largest absolute Gasteiger partial charge is 0.343 e. The second kappa shape index (κ2) is 8.54. The number of nitro benzene ring substituents is 1. The first-order valence-electron chi connectivity index (χ1n) is 9.35. The Morgan fingerprint density at radius 2 is 1.73 bits per heavy atom. The van der Waals surface area contributed by atoms with E-state index in [-0.39, 0.29) is 17.4 Å². The second-order valence-electron chi connectivity index (χ2n) is 6.88. The molecule has 30 heavy (non-hydrogen) atoms. The summed E-state index contributed by atoms with van der Waals surface area (Å²) in [6, 6.07) is 11.9. The fraction of sp³-hybridized carbons (Fsp3) is 0.250. The predicted octanol–water partition coefficient (Wildman–Crippen LogP) is 3.14. The lowest BCUT2D eigenvalue weighted by atomic mass is 10.1. The van der Waals surface area contributed by atoms with Gasteiger partial charge in [-0.1, -0.05) is 12.1 Å². The number of rotatable bonds is 5. The average Bonchev–Trinajstić information content (AvgIpc) is 3.23. The number of halogens is 1. The van der Waals surface area contributed by atoms with Crippen molar-refractivity contribution in [2.45, 2.75) is 6.42 Å². The molecule has 1 aromatic heterocycles. The minimum Gasteiger partial charge on any atom is -0.343 e. The Hall–Kier alpha value is -3.40. The van der Waals surface area contributed by atoms with Crippen LogP contribution >= 0.6 is 11.5 Å². The van der Waals surface area contributed by atoms with Gasteiger partial charge in [-0.15, -0.1) is 0 Å². The Labute approximate surface area is 175 Å². The summed E-state index contributed by atoms with van der Waals surface area (Å²) in [6.45, 7) is 2.32. The van der Waals surface area contributed by atoms with Crippen LogP contribution in [0.15, 0.2) is 48.5 Å². The van der Waals surface area contributed by atoms with Gasteiger partial charge in [0.1, 0.15) is 11.6 Å². The molecule has 1 fully saturated rings. The Morgan fingerprint density at radius 3 is 2.37 bits per heavy atom. The van der Waals surface area contributed by atoms with E-state index in [1.807, 2.05) is 0 Å². The molecule has 4 rings (SSSR count). The molecule has 3 aromatic rings. The molecular formula is C20H18FN5O3S. The van der Waals surface area contributed by atoms with Crippen LogP contribution in [0, 0.1) is 15.9 Å². The predicted molar refractivity (Wildman–Crippen MR) is 110 cm³/mol. The fourth-order valence-electron chi connectivity index (χ4n) is 3.24. The van der Waals surface area contributed by atoms with Crippen molar-refractivity contribution in [3.63, 3.8) is 0 Å². The van der Waals surface area contributed by atoms with E-state index < -0.39 is 4.92 Å². The number of hydrogen-bond acceptors (Lipinski definition) is 7. The number of non-ortho nitro benzene ring substituents is 1. The molecule has 0 aliphatic carbocycles. The summed E-state index contributed by atoms with van der Waals surface area (Å²) in [7, 11) is 0. The van der Waals surface area contributed by atoms with Crippen LogP contribution in [0.2, 0.25) is 0 Å².